The predicted octanol–water partition coefficient (Wildman–Crippen LogP) is 2.53. The quantitative estimate of drug-likeness (QED) is 0.813. The number of benzene rings is 1. The summed E-state index contributed by atoms with van der Waals surface area (Å²) in [4.78, 5) is -0.908. The van der Waals surface area contributed by atoms with E-state index in [0.29, 0.717) is 12.5 Å². The third-order valence-electron chi connectivity index (χ3n) is 3.83. The molecule has 0 bridgehead atoms. The van der Waals surface area contributed by atoms with E-state index in [1.54, 1.807) is 0 Å². The van der Waals surface area contributed by atoms with Gasteiger partial charge in [-0.15, -0.1) is 0 Å². The largest absolute Gasteiger partial charge is 0.493 e. The van der Waals surface area contributed by atoms with Crippen molar-refractivity contribution in [2.24, 2.45) is 5.92 Å². The fraction of sp³-hybridized carbons (Fsp3) is 0.600. The van der Waals surface area contributed by atoms with Crippen molar-refractivity contribution in [2.75, 3.05) is 26.0 Å². The summed E-state index contributed by atoms with van der Waals surface area (Å²) in [5.41, 5.74) is 0. The van der Waals surface area contributed by atoms with E-state index in [4.69, 9.17) is 4.74 Å². The summed E-state index contributed by atoms with van der Waals surface area (Å²) in [7, 11) is -3.93. The second kappa shape index (κ2) is 7.37. The van der Waals surface area contributed by atoms with Crippen LogP contribution in [0, 0.1) is 17.6 Å². The number of ether oxygens (including phenoxy) is 1. The van der Waals surface area contributed by atoms with E-state index in [0.717, 1.165) is 57.2 Å². The Hall–Kier alpha value is -1.21. The molecule has 1 aliphatic rings. The van der Waals surface area contributed by atoms with Crippen molar-refractivity contribution >= 4 is 9.84 Å². The van der Waals surface area contributed by atoms with Crippen LogP contribution in [0.15, 0.2) is 17.0 Å². The summed E-state index contributed by atoms with van der Waals surface area (Å²) in [5, 5.41) is 3.30. The van der Waals surface area contributed by atoms with Gasteiger partial charge in [-0.3, -0.25) is 0 Å². The van der Waals surface area contributed by atoms with Crippen LogP contribution in [0.2, 0.25) is 0 Å². The molecule has 2 rings (SSSR count). The molecule has 1 aromatic carbocycles. The molecule has 0 radical (unpaired) electrons. The fourth-order valence-electron chi connectivity index (χ4n) is 2.71. The van der Waals surface area contributed by atoms with Crippen LogP contribution in [0.1, 0.15) is 25.7 Å². The Bertz CT molecular complexity index is 590. The maximum atomic E-state index is 13.7. The van der Waals surface area contributed by atoms with Crippen molar-refractivity contribution in [3.05, 3.63) is 23.8 Å². The molecule has 0 amide bonds. The summed E-state index contributed by atoms with van der Waals surface area (Å²) in [6, 6.07) is 1.84. The van der Waals surface area contributed by atoms with Crippen LogP contribution in [0.4, 0.5) is 8.78 Å². The second-order valence-electron chi connectivity index (χ2n) is 5.67. The van der Waals surface area contributed by atoms with Gasteiger partial charge in [0.2, 0.25) is 0 Å². The Labute approximate surface area is 129 Å². The Morgan fingerprint density at radius 1 is 1.23 bits per heavy atom. The number of halogens is 2. The molecule has 1 heterocycles. The monoisotopic (exact) mass is 333 g/mol. The highest BCUT2D eigenvalue weighted by Crippen LogP contribution is 2.25. The molecule has 0 unspecified atom stereocenters. The summed E-state index contributed by atoms with van der Waals surface area (Å²) < 4.78 is 55.3. The number of rotatable bonds is 6. The fourth-order valence-corrected chi connectivity index (χ4v) is 3.53. The van der Waals surface area contributed by atoms with E-state index in [1.807, 2.05) is 0 Å². The van der Waals surface area contributed by atoms with Crippen molar-refractivity contribution in [3.63, 3.8) is 0 Å². The smallest absolute Gasteiger partial charge is 0.181 e. The van der Waals surface area contributed by atoms with E-state index >= 15 is 0 Å². The van der Waals surface area contributed by atoms with E-state index in [1.165, 1.54) is 0 Å². The van der Waals surface area contributed by atoms with Gasteiger partial charge in [0.25, 0.3) is 0 Å². The van der Waals surface area contributed by atoms with E-state index in [9.17, 15) is 17.2 Å². The van der Waals surface area contributed by atoms with Crippen molar-refractivity contribution in [2.45, 2.75) is 30.6 Å². The highest BCUT2D eigenvalue weighted by molar-refractivity contribution is 7.90. The van der Waals surface area contributed by atoms with Crippen LogP contribution in [0.3, 0.4) is 0 Å². The van der Waals surface area contributed by atoms with Gasteiger partial charge in [-0.25, -0.2) is 17.2 Å². The summed E-state index contributed by atoms with van der Waals surface area (Å²) >= 11 is 0. The first-order chi connectivity index (χ1) is 10.4. The normalized spacial score (nSPS) is 16.7. The molecule has 22 heavy (non-hydrogen) atoms. The maximum absolute atomic E-state index is 13.7. The van der Waals surface area contributed by atoms with Crippen LogP contribution in [0.5, 0.6) is 5.75 Å². The van der Waals surface area contributed by atoms with E-state index in [-0.39, 0.29) is 5.75 Å². The average Bonchev–Trinajstić information content (AvgIpc) is 2.42. The Morgan fingerprint density at radius 3 is 2.36 bits per heavy atom. The van der Waals surface area contributed by atoms with E-state index in [2.05, 4.69) is 5.32 Å². The first-order valence-corrected chi connectivity index (χ1v) is 9.29. The van der Waals surface area contributed by atoms with Gasteiger partial charge in [0.05, 0.1) is 6.61 Å². The zero-order valence-electron chi connectivity index (χ0n) is 12.6. The molecule has 0 spiro atoms. The van der Waals surface area contributed by atoms with Gasteiger partial charge in [-0.05, 0) is 44.7 Å². The molecule has 124 valence electrons. The van der Waals surface area contributed by atoms with Crippen LogP contribution in [-0.2, 0) is 9.84 Å². The van der Waals surface area contributed by atoms with Gasteiger partial charge in [0.1, 0.15) is 22.3 Å². The highest BCUT2D eigenvalue weighted by Gasteiger charge is 2.21. The molecule has 1 N–H and O–H groups in total. The SMILES string of the molecule is CS(=O)(=O)c1c(F)cc(OCCCC2CCNCC2)cc1F. The van der Waals surface area contributed by atoms with Crippen molar-refractivity contribution < 1.29 is 21.9 Å². The zero-order chi connectivity index (χ0) is 16.2. The molecule has 1 aromatic rings. The number of nitrogens with one attached hydrogen (secondary N) is 1. The van der Waals surface area contributed by atoms with Gasteiger partial charge in [0, 0.05) is 18.4 Å². The molecular formula is C15H21F2NO3S. The lowest BCUT2D eigenvalue weighted by molar-refractivity contribution is 0.271. The van der Waals surface area contributed by atoms with Crippen molar-refractivity contribution in [1.29, 1.82) is 0 Å². The standard InChI is InChI=1S/C15H21F2NO3S/c1-22(19,20)15-13(16)9-12(10-14(15)17)21-8-2-3-11-4-6-18-7-5-11/h9-11,18H,2-8H2,1H3. The minimum atomic E-state index is -3.93. The number of sulfone groups is 1. The Kier molecular flexibility index (Phi) is 5.74. The van der Waals surface area contributed by atoms with Crippen LogP contribution >= 0.6 is 0 Å². The molecule has 0 aliphatic carbocycles. The maximum Gasteiger partial charge on any atom is 0.181 e. The van der Waals surface area contributed by atoms with Crippen molar-refractivity contribution in [1.82, 2.24) is 5.32 Å². The highest BCUT2D eigenvalue weighted by atomic mass is 32.2. The summed E-state index contributed by atoms with van der Waals surface area (Å²) in [5.74, 6) is -1.54. The third kappa shape index (κ3) is 4.64. The molecule has 0 aromatic heterocycles. The molecule has 1 saturated heterocycles. The minimum Gasteiger partial charge on any atom is -0.493 e. The number of piperidine rings is 1. The third-order valence-corrected chi connectivity index (χ3v) is 4.96. The minimum absolute atomic E-state index is 0.0210. The van der Waals surface area contributed by atoms with Crippen LogP contribution < -0.4 is 10.1 Å². The Morgan fingerprint density at radius 2 is 1.82 bits per heavy atom. The van der Waals surface area contributed by atoms with Crippen LogP contribution in [0.25, 0.3) is 0 Å². The first kappa shape index (κ1) is 17.1. The molecule has 1 aliphatic heterocycles. The number of hydrogen-bond donors (Lipinski definition) is 1. The van der Waals surface area contributed by atoms with Gasteiger partial charge in [-0.2, -0.15) is 0 Å². The Balaban J connectivity index is 1.88. The van der Waals surface area contributed by atoms with Gasteiger partial charge in [0.15, 0.2) is 9.84 Å². The lowest BCUT2D eigenvalue weighted by Crippen LogP contribution is -2.27. The second-order valence-corrected chi connectivity index (χ2v) is 7.62. The predicted molar refractivity (Wildman–Crippen MR) is 79.8 cm³/mol. The lowest BCUT2D eigenvalue weighted by atomic mass is 9.93. The topological polar surface area (TPSA) is 55.4 Å². The molecule has 1 fully saturated rings. The molecule has 0 saturated carbocycles. The van der Waals surface area contributed by atoms with Crippen LogP contribution in [-0.4, -0.2) is 34.4 Å². The lowest BCUT2D eigenvalue weighted by Gasteiger charge is -2.22. The molecule has 4 nitrogen and oxygen atoms in total. The first-order valence-electron chi connectivity index (χ1n) is 7.40. The molecular weight excluding hydrogens is 312 g/mol. The molecule has 0 atom stereocenters. The average molecular weight is 333 g/mol. The van der Waals surface area contributed by atoms with Crippen molar-refractivity contribution in [3.8, 4) is 5.75 Å². The van der Waals surface area contributed by atoms with Gasteiger partial charge >= 0.3 is 0 Å². The number of hydrogen-bond acceptors (Lipinski definition) is 4. The molecule has 7 heteroatoms. The van der Waals surface area contributed by atoms with Gasteiger partial charge < -0.3 is 10.1 Å². The summed E-state index contributed by atoms with van der Waals surface area (Å²) in [6.45, 7) is 2.44. The van der Waals surface area contributed by atoms with E-state index < -0.39 is 26.4 Å². The summed E-state index contributed by atoms with van der Waals surface area (Å²) in [6.07, 6.45) is 4.89. The zero-order valence-corrected chi connectivity index (χ0v) is 13.4. The van der Waals surface area contributed by atoms with Gasteiger partial charge in [-0.1, -0.05) is 0 Å².